The van der Waals surface area contributed by atoms with Crippen molar-refractivity contribution in [3.05, 3.63) is 62.9 Å². The van der Waals surface area contributed by atoms with Gasteiger partial charge in [-0.2, -0.15) is 0 Å². The highest BCUT2D eigenvalue weighted by atomic mass is 35.5. The Hall–Kier alpha value is -1.51. The number of methoxy groups -OCH3 is 1. The predicted molar refractivity (Wildman–Crippen MR) is 145 cm³/mol. The van der Waals surface area contributed by atoms with Crippen LogP contribution in [0, 0.1) is 11.7 Å². The van der Waals surface area contributed by atoms with Crippen molar-refractivity contribution >= 4 is 41.1 Å². The second-order valence-corrected chi connectivity index (χ2v) is 11.3. The summed E-state index contributed by atoms with van der Waals surface area (Å²) in [6.07, 6.45) is 4.00. The van der Waals surface area contributed by atoms with E-state index in [9.17, 15) is 9.18 Å². The summed E-state index contributed by atoms with van der Waals surface area (Å²) in [5, 5.41) is 1.27. The lowest BCUT2D eigenvalue weighted by molar-refractivity contribution is 0.0556. The standard InChI is InChI=1S/C27H33Cl2FN2O3S/c1-3-36-31-27(33)22-13-21(18-4-5-18)26(14-24(22)30)35-15-17-8-10-32(11-9-17)25(16-34-2)20-7-6-19(28)12-23(20)29/h6-7,12-14,17-18,25H,3-5,8-11,15-16H2,1-2H3,(H,31,33). The highest BCUT2D eigenvalue weighted by Crippen LogP contribution is 2.45. The first-order valence-corrected chi connectivity index (χ1v) is 14.2. The van der Waals surface area contributed by atoms with Gasteiger partial charge in [0.15, 0.2) is 0 Å². The quantitative estimate of drug-likeness (QED) is 0.306. The van der Waals surface area contributed by atoms with Gasteiger partial charge < -0.3 is 9.47 Å². The number of benzene rings is 2. The number of rotatable bonds is 11. The molecule has 0 aromatic heterocycles. The molecule has 2 fully saturated rings. The van der Waals surface area contributed by atoms with Crippen molar-refractivity contribution in [2.24, 2.45) is 5.92 Å². The molecule has 2 aliphatic rings. The number of halogens is 3. The van der Waals surface area contributed by atoms with Gasteiger partial charge in [0.05, 0.1) is 24.8 Å². The molecule has 1 saturated heterocycles. The van der Waals surface area contributed by atoms with E-state index in [1.54, 1.807) is 19.2 Å². The first-order chi connectivity index (χ1) is 17.4. The average molecular weight is 556 g/mol. The second-order valence-electron chi connectivity index (χ2n) is 9.44. The van der Waals surface area contributed by atoms with E-state index in [0.717, 1.165) is 55.7 Å². The minimum absolute atomic E-state index is 0.0572. The van der Waals surface area contributed by atoms with Crippen molar-refractivity contribution in [3.8, 4) is 5.75 Å². The maximum Gasteiger partial charge on any atom is 0.264 e. The van der Waals surface area contributed by atoms with E-state index in [2.05, 4.69) is 9.62 Å². The van der Waals surface area contributed by atoms with Gasteiger partial charge in [-0.1, -0.05) is 48.1 Å². The Morgan fingerprint density at radius 3 is 2.58 bits per heavy atom. The number of piperidine rings is 1. The fraction of sp³-hybridized carbons (Fsp3) is 0.519. The van der Waals surface area contributed by atoms with Crippen molar-refractivity contribution in [2.45, 2.75) is 44.6 Å². The third-order valence-corrected chi connectivity index (χ3v) is 8.06. The van der Waals surface area contributed by atoms with Crippen molar-refractivity contribution < 1.29 is 18.7 Å². The van der Waals surface area contributed by atoms with Gasteiger partial charge in [0.25, 0.3) is 5.91 Å². The van der Waals surface area contributed by atoms with Crippen molar-refractivity contribution in [1.29, 1.82) is 0 Å². The maximum absolute atomic E-state index is 14.8. The van der Waals surface area contributed by atoms with Crippen LogP contribution < -0.4 is 9.46 Å². The molecule has 1 unspecified atom stereocenters. The normalized spacial score (nSPS) is 17.7. The van der Waals surface area contributed by atoms with Crippen LogP contribution in [-0.4, -0.2) is 50.0 Å². The van der Waals surface area contributed by atoms with E-state index in [1.807, 2.05) is 19.1 Å². The number of amides is 1. The van der Waals surface area contributed by atoms with Crippen LogP contribution in [0.25, 0.3) is 0 Å². The Bertz CT molecular complexity index is 1060. The largest absolute Gasteiger partial charge is 0.493 e. The summed E-state index contributed by atoms with van der Waals surface area (Å²) in [7, 11) is 1.70. The molecule has 1 amide bonds. The molecule has 5 nitrogen and oxygen atoms in total. The van der Waals surface area contributed by atoms with E-state index in [-0.39, 0.29) is 11.6 Å². The monoisotopic (exact) mass is 554 g/mol. The summed E-state index contributed by atoms with van der Waals surface area (Å²) in [4.78, 5) is 14.8. The van der Waals surface area contributed by atoms with Crippen LogP contribution in [0.1, 0.15) is 66.1 Å². The first-order valence-electron chi connectivity index (χ1n) is 12.5. The molecule has 1 aliphatic heterocycles. The Balaban J connectivity index is 1.38. The molecule has 1 atom stereocenters. The summed E-state index contributed by atoms with van der Waals surface area (Å²) in [6.45, 7) is 4.78. The lowest BCUT2D eigenvalue weighted by atomic mass is 9.95. The van der Waals surface area contributed by atoms with E-state index >= 15 is 0 Å². The Morgan fingerprint density at radius 2 is 1.94 bits per heavy atom. The summed E-state index contributed by atoms with van der Waals surface area (Å²) in [5.74, 6) is 1.06. The van der Waals surface area contributed by atoms with Gasteiger partial charge in [0.1, 0.15) is 11.6 Å². The van der Waals surface area contributed by atoms with Gasteiger partial charge >= 0.3 is 0 Å². The Labute approximate surface area is 227 Å². The van der Waals surface area contributed by atoms with Crippen LogP contribution in [-0.2, 0) is 4.74 Å². The van der Waals surface area contributed by atoms with Gasteiger partial charge in [0, 0.05) is 29.0 Å². The van der Waals surface area contributed by atoms with Crippen LogP contribution in [0.3, 0.4) is 0 Å². The Morgan fingerprint density at radius 1 is 1.19 bits per heavy atom. The van der Waals surface area contributed by atoms with E-state index in [0.29, 0.717) is 40.8 Å². The third kappa shape index (κ3) is 6.87. The fourth-order valence-electron chi connectivity index (χ4n) is 4.74. The molecular weight excluding hydrogens is 522 g/mol. The number of nitrogens with zero attached hydrogens (tertiary/aromatic N) is 1. The van der Waals surface area contributed by atoms with E-state index in [1.165, 1.54) is 18.0 Å². The van der Waals surface area contributed by atoms with Crippen molar-refractivity contribution in [3.63, 3.8) is 0 Å². The zero-order chi connectivity index (χ0) is 25.7. The molecule has 9 heteroatoms. The van der Waals surface area contributed by atoms with Gasteiger partial charge in [0.2, 0.25) is 0 Å². The van der Waals surface area contributed by atoms with Gasteiger partial charge in [-0.3, -0.25) is 14.4 Å². The SMILES string of the molecule is CCSNC(=O)c1cc(C2CC2)c(OCC2CCN(C(COC)c3ccc(Cl)cc3Cl)CC2)cc1F. The number of hydrogen-bond donors (Lipinski definition) is 1. The lowest BCUT2D eigenvalue weighted by Crippen LogP contribution is -2.39. The number of hydrogen-bond acceptors (Lipinski definition) is 5. The maximum atomic E-state index is 14.8. The van der Waals surface area contributed by atoms with Crippen LogP contribution in [0.2, 0.25) is 10.0 Å². The molecule has 36 heavy (non-hydrogen) atoms. The van der Waals surface area contributed by atoms with Crippen molar-refractivity contribution in [2.75, 3.05) is 39.2 Å². The lowest BCUT2D eigenvalue weighted by Gasteiger charge is -2.37. The zero-order valence-corrected chi connectivity index (χ0v) is 23.0. The van der Waals surface area contributed by atoms with Gasteiger partial charge in [-0.05, 0) is 79.9 Å². The minimum Gasteiger partial charge on any atom is -0.493 e. The highest BCUT2D eigenvalue weighted by Gasteiger charge is 2.31. The van der Waals surface area contributed by atoms with Crippen LogP contribution in [0.15, 0.2) is 30.3 Å². The molecule has 196 valence electrons. The topological polar surface area (TPSA) is 50.8 Å². The zero-order valence-electron chi connectivity index (χ0n) is 20.7. The van der Waals surface area contributed by atoms with Crippen molar-refractivity contribution in [1.82, 2.24) is 9.62 Å². The average Bonchev–Trinajstić information content (AvgIpc) is 3.71. The summed E-state index contributed by atoms with van der Waals surface area (Å²) in [5.41, 5.74) is 2.05. The summed E-state index contributed by atoms with van der Waals surface area (Å²) >= 11 is 13.9. The van der Waals surface area contributed by atoms with E-state index in [4.69, 9.17) is 32.7 Å². The molecule has 0 spiro atoms. The molecule has 1 aliphatic carbocycles. The smallest absolute Gasteiger partial charge is 0.264 e. The van der Waals surface area contributed by atoms with Gasteiger partial charge in [-0.25, -0.2) is 4.39 Å². The van der Waals surface area contributed by atoms with Crippen LogP contribution >= 0.6 is 35.1 Å². The molecule has 2 aromatic rings. The van der Waals surface area contributed by atoms with Gasteiger partial charge in [-0.15, -0.1) is 0 Å². The number of nitrogens with one attached hydrogen (secondary N) is 1. The molecule has 2 aromatic carbocycles. The number of carbonyl (C=O) groups excluding carboxylic acids is 1. The van der Waals surface area contributed by atoms with Crippen LogP contribution in [0.4, 0.5) is 4.39 Å². The molecule has 0 radical (unpaired) electrons. The minimum atomic E-state index is -0.541. The number of carbonyl (C=O) groups is 1. The molecule has 4 rings (SSSR count). The highest BCUT2D eigenvalue weighted by molar-refractivity contribution is 7.97. The van der Waals surface area contributed by atoms with Crippen LogP contribution in [0.5, 0.6) is 5.75 Å². The first kappa shape index (κ1) is 27.5. The molecule has 1 saturated carbocycles. The third-order valence-electron chi connectivity index (χ3n) is 6.88. The molecular formula is C27H33Cl2FN2O3S. The summed E-state index contributed by atoms with van der Waals surface area (Å²) < 4.78 is 29.2. The molecule has 1 N–H and O–H groups in total. The fourth-order valence-corrected chi connectivity index (χ4v) is 5.66. The number of ether oxygens (including phenoxy) is 2. The van der Waals surface area contributed by atoms with E-state index < -0.39 is 11.7 Å². The summed E-state index contributed by atoms with van der Waals surface area (Å²) in [6, 6.07) is 8.74. The molecule has 1 heterocycles. The molecule has 0 bridgehead atoms. The number of likely N-dealkylation sites (tertiary alicyclic amines) is 1. The Kier molecular flexibility index (Phi) is 9.81. The second kappa shape index (κ2) is 12.8. The predicted octanol–water partition coefficient (Wildman–Crippen LogP) is 6.89.